The molecule has 0 aromatic rings. The molecule has 0 aliphatic carbocycles. The van der Waals surface area contributed by atoms with E-state index in [2.05, 4.69) is 11.8 Å². The van der Waals surface area contributed by atoms with Crippen molar-refractivity contribution in [1.82, 2.24) is 14.7 Å². The minimum atomic E-state index is -0.886. The number of piperidine rings is 1. The zero-order valence-electron chi connectivity index (χ0n) is 13.1. The summed E-state index contributed by atoms with van der Waals surface area (Å²) in [6.45, 7) is 6.36. The van der Waals surface area contributed by atoms with Gasteiger partial charge in [-0.3, -0.25) is 0 Å². The van der Waals surface area contributed by atoms with E-state index in [-0.39, 0.29) is 6.03 Å². The number of nitrogens with zero attached hydrogens (tertiary/aromatic N) is 3. The number of likely N-dealkylation sites (N-methyl/N-ethyl adjacent to an activating group) is 1. The van der Waals surface area contributed by atoms with E-state index in [0.29, 0.717) is 25.4 Å². The molecule has 0 saturated carbocycles. The Morgan fingerprint density at radius 2 is 1.90 bits per heavy atom. The van der Waals surface area contributed by atoms with E-state index in [0.717, 1.165) is 26.1 Å². The second kappa shape index (κ2) is 7.11. The standard InChI is InChI=1S/C15H27N3O3/c1-12-5-8-18(13(11-12)14(19)20)15(21)16(2)9-10-17-6-3-4-7-17/h12-13H,3-11H2,1-2H3,(H,19,20). The molecule has 2 unspecified atom stereocenters. The lowest BCUT2D eigenvalue weighted by Crippen LogP contribution is -2.54. The lowest BCUT2D eigenvalue weighted by Gasteiger charge is -2.38. The van der Waals surface area contributed by atoms with E-state index in [4.69, 9.17) is 0 Å². The molecule has 0 aromatic heterocycles. The van der Waals surface area contributed by atoms with E-state index in [1.54, 1.807) is 11.9 Å². The lowest BCUT2D eigenvalue weighted by molar-refractivity contribution is -0.144. The molecule has 2 rings (SSSR count). The van der Waals surface area contributed by atoms with Gasteiger partial charge in [-0.05, 0) is 44.7 Å². The second-order valence-electron chi connectivity index (χ2n) is 6.43. The number of carboxylic acids is 1. The van der Waals surface area contributed by atoms with E-state index in [1.807, 2.05) is 0 Å². The highest BCUT2D eigenvalue weighted by atomic mass is 16.4. The van der Waals surface area contributed by atoms with Gasteiger partial charge in [0.25, 0.3) is 0 Å². The van der Waals surface area contributed by atoms with E-state index in [1.165, 1.54) is 17.7 Å². The average molecular weight is 297 g/mol. The molecule has 21 heavy (non-hydrogen) atoms. The Labute approximate surface area is 126 Å². The Kier molecular flexibility index (Phi) is 5.45. The number of amides is 2. The van der Waals surface area contributed by atoms with Gasteiger partial charge >= 0.3 is 12.0 Å². The minimum absolute atomic E-state index is 0.145. The summed E-state index contributed by atoms with van der Waals surface area (Å²) in [6.07, 6.45) is 3.92. The van der Waals surface area contributed by atoms with Crippen LogP contribution in [0.4, 0.5) is 4.79 Å². The molecular formula is C15H27N3O3. The first-order chi connectivity index (χ1) is 9.99. The average Bonchev–Trinajstić information content (AvgIpc) is 2.97. The normalized spacial score (nSPS) is 26.9. The monoisotopic (exact) mass is 297 g/mol. The SMILES string of the molecule is CC1CCN(C(=O)N(C)CCN2CCCC2)C(C(=O)O)C1. The largest absolute Gasteiger partial charge is 0.480 e. The molecule has 0 bridgehead atoms. The third kappa shape index (κ3) is 4.09. The molecule has 2 aliphatic heterocycles. The molecule has 0 aromatic carbocycles. The third-order valence-corrected chi connectivity index (χ3v) is 4.67. The van der Waals surface area contributed by atoms with Gasteiger partial charge < -0.3 is 19.8 Å². The lowest BCUT2D eigenvalue weighted by atomic mass is 9.93. The van der Waals surface area contributed by atoms with Gasteiger partial charge in [-0.2, -0.15) is 0 Å². The van der Waals surface area contributed by atoms with Gasteiger partial charge in [0.2, 0.25) is 0 Å². The fraction of sp³-hybridized carbons (Fsp3) is 0.867. The number of rotatable bonds is 4. The fourth-order valence-corrected chi connectivity index (χ4v) is 3.22. The predicted octanol–water partition coefficient (Wildman–Crippen LogP) is 1.32. The highest BCUT2D eigenvalue weighted by molar-refractivity contribution is 5.82. The van der Waals surface area contributed by atoms with Gasteiger partial charge in [-0.1, -0.05) is 6.92 Å². The van der Waals surface area contributed by atoms with Gasteiger partial charge in [0.15, 0.2) is 0 Å². The molecule has 2 amide bonds. The summed E-state index contributed by atoms with van der Waals surface area (Å²) in [7, 11) is 1.77. The van der Waals surface area contributed by atoms with Crippen LogP contribution >= 0.6 is 0 Å². The van der Waals surface area contributed by atoms with Crippen LogP contribution in [0.3, 0.4) is 0 Å². The van der Waals surface area contributed by atoms with Crippen molar-refractivity contribution in [3.8, 4) is 0 Å². The van der Waals surface area contributed by atoms with Crippen LogP contribution in [0.5, 0.6) is 0 Å². The number of hydrogen-bond acceptors (Lipinski definition) is 3. The number of likely N-dealkylation sites (tertiary alicyclic amines) is 2. The fourth-order valence-electron chi connectivity index (χ4n) is 3.22. The van der Waals surface area contributed by atoms with E-state index < -0.39 is 12.0 Å². The Morgan fingerprint density at radius 1 is 1.24 bits per heavy atom. The van der Waals surface area contributed by atoms with E-state index in [9.17, 15) is 14.7 Å². The summed E-state index contributed by atoms with van der Waals surface area (Å²) in [6, 6.07) is -0.816. The molecule has 6 nitrogen and oxygen atoms in total. The summed E-state index contributed by atoms with van der Waals surface area (Å²) in [5.74, 6) is -0.520. The van der Waals surface area contributed by atoms with Crippen molar-refractivity contribution in [1.29, 1.82) is 0 Å². The molecule has 0 radical (unpaired) electrons. The quantitative estimate of drug-likeness (QED) is 0.850. The molecule has 2 saturated heterocycles. The number of carbonyl (C=O) groups excluding carboxylic acids is 1. The van der Waals surface area contributed by atoms with Gasteiger partial charge in [0, 0.05) is 26.7 Å². The predicted molar refractivity (Wildman–Crippen MR) is 80.2 cm³/mol. The molecule has 2 atom stereocenters. The maximum atomic E-state index is 12.5. The van der Waals surface area contributed by atoms with Crippen LogP contribution in [0.1, 0.15) is 32.6 Å². The summed E-state index contributed by atoms with van der Waals surface area (Å²) >= 11 is 0. The number of urea groups is 1. The highest BCUT2D eigenvalue weighted by Gasteiger charge is 2.36. The summed E-state index contributed by atoms with van der Waals surface area (Å²) < 4.78 is 0. The van der Waals surface area contributed by atoms with E-state index >= 15 is 0 Å². The Hall–Kier alpha value is -1.30. The Morgan fingerprint density at radius 3 is 2.52 bits per heavy atom. The minimum Gasteiger partial charge on any atom is -0.480 e. The number of carboxylic acid groups (broad SMARTS) is 1. The molecule has 1 N–H and O–H groups in total. The van der Waals surface area contributed by atoms with Crippen LogP contribution in [0.2, 0.25) is 0 Å². The van der Waals surface area contributed by atoms with Crippen LogP contribution in [0.15, 0.2) is 0 Å². The van der Waals surface area contributed by atoms with Gasteiger partial charge in [0.1, 0.15) is 6.04 Å². The molecule has 2 heterocycles. The maximum absolute atomic E-state index is 12.5. The van der Waals surface area contributed by atoms with Crippen LogP contribution in [-0.2, 0) is 4.79 Å². The van der Waals surface area contributed by atoms with Crippen molar-refractivity contribution in [2.24, 2.45) is 5.92 Å². The first-order valence-corrected chi connectivity index (χ1v) is 7.96. The smallest absolute Gasteiger partial charge is 0.326 e. The maximum Gasteiger partial charge on any atom is 0.326 e. The highest BCUT2D eigenvalue weighted by Crippen LogP contribution is 2.23. The van der Waals surface area contributed by atoms with Gasteiger partial charge in [0.05, 0.1) is 0 Å². The van der Waals surface area contributed by atoms with Crippen LogP contribution in [0, 0.1) is 5.92 Å². The zero-order valence-corrected chi connectivity index (χ0v) is 13.1. The van der Waals surface area contributed by atoms with Crippen molar-refractivity contribution in [3.05, 3.63) is 0 Å². The third-order valence-electron chi connectivity index (χ3n) is 4.67. The molecule has 120 valence electrons. The zero-order chi connectivity index (χ0) is 15.4. The summed E-state index contributed by atoms with van der Waals surface area (Å²) in [4.78, 5) is 29.4. The van der Waals surface area contributed by atoms with Crippen LogP contribution < -0.4 is 0 Å². The van der Waals surface area contributed by atoms with Crippen molar-refractivity contribution in [2.75, 3.05) is 39.8 Å². The molecule has 0 spiro atoms. The summed E-state index contributed by atoms with van der Waals surface area (Å²) in [5, 5.41) is 9.34. The molecule has 2 aliphatic rings. The van der Waals surface area contributed by atoms with Crippen molar-refractivity contribution >= 4 is 12.0 Å². The topological polar surface area (TPSA) is 64.1 Å². The van der Waals surface area contributed by atoms with Crippen LogP contribution in [-0.4, -0.2) is 77.6 Å². The Balaban J connectivity index is 1.88. The Bertz CT molecular complexity index is 382. The van der Waals surface area contributed by atoms with Crippen LogP contribution in [0.25, 0.3) is 0 Å². The van der Waals surface area contributed by atoms with Gasteiger partial charge in [-0.25, -0.2) is 9.59 Å². The van der Waals surface area contributed by atoms with Crippen molar-refractivity contribution in [3.63, 3.8) is 0 Å². The molecule has 6 heteroatoms. The van der Waals surface area contributed by atoms with Gasteiger partial charge in [-0.15, -0.1) is 0 Å². The molecule has 2 fully saturated rings. The van der Waals surface area contributed by atoms with Crippen molar-refractivity contribution in [2.45, 2.75) is 38.6 Å². The number of carbonyl (C=O) groups is 2. The van der Waals surface area contributed by atoms with Crippen molar-refractivity contribution < 1.29 is 14.7 Å². The first-order valence-electron chi connectivity index (χ1n) is 7.96. The molecular weight excluding hydrogens is 270 g/mol. The summed E-state index contributed by atoms with van der Waals surface area (Å²) in [5.41, 5.74) is 0. The number of hydrogen-bond donors (Lipinski definition) is 1. The first kappa shape index (κ1) is 16.1. The number of aliphatic carboxylic acids is 1. The second-order valence-corrected chi connectivity index (χ2v) is 6.43.